The van der Waals surface area contributed by atoms with Crippen LogP contribution in [-0.4, -0.2) is 27.6 Å². The number of azo groups is 1. The van der Waals surface area contributed by atoms with Crippen LogP contribution in [-0.2, 0) is 0 Å². The Kier molecular flexibility index (Phi) is 6.88. The van der Waals surface area contributed by atoms with Crippen LogP contribution in [0, 0.1) is 17.0 Å². The zero-order chi connectivity index (χ0) is 25.1. The largest absolute Gasteiger partial charge is 0.372 e. The van der Waals surface area contributed by atoms with Crippen molar-refractivity contribution in [3.8, 4) is 5.69 Å². The third kappa shape index (κ3) is 4.90. The molecule has 1 aromatic heterocycles. The predicted molar refractivity (Wildman–Crippen MR) is 138 cm³/mol. The van der Waals surface area contributed by atoms with Gasteiger partial charge in [-0.1, -0.05) is 11.6 Å². The molecule has 9 nitrogen and oxygen atoms in total. The van der Waals surface area contributed by atoms with Gasteiger partial charge in [0.15, 0.2) is 0 Å². The van der Waals surface area contributed by atoms with Gasteiger partial charge in [0.25, 0.3) is 11.2 Å². The fraction of sp³-hybridized carbons (Fsp3) is 0.200. The average Bonchev–Trinajstić information content (AvgIpc) is 2.85. The van der Waals surface area contributed by atoms with Crippen molar-refractivity contribution in [2.45, 2.75) is 20.8 Å². The molecule has 0 radical (unpaired) electrons. The number of aromatic nitrogens is 2. The van der Waals surface area contributed by atoms with Gasteiger partial charge in [-0.05, 0) is 69.3 Å². The number of hydrogen-bond donors (Lipinski definition) is 0. The van der Waals surface area contributed by atoms with Crippen LogP contribution in [0.25, 0.3) is 16.6 Å². The lowest BCUT2D eigenvalue weighted by Gasteiger charge is -2.23. The summed E-state index contributed by atoms with van der Waals surface area (Å²) in [6, 6.07) is 16.6. The van der Waals surface area contributed by atoms with Crippen LogP contribution >= 0.6 is 11.6 Å². The highest BCUT2D eigenvalue weighted by Gasteiger charge is 2.17. The number of halogens is 1. The number of fused-ring (bicyclic) bond motifs is 1. The van der Waals surface area contributed by atoms with Gasteiger partial charge in [0.2, 0.25) is 0 Å². The molecule has 35 heavy (non-hydrogen) atoms. The third-order valence-corrected chi connectivity index (χ3v) is 5.91. The summed E-state index contributed by atoms with van der Waals surface area (Å²) >= 11 is 5.96. The van der Waals surface area contributed by atoms with Gasteiger partial charge >= 0.3 is 0 Å². The molecule has 0 bridgehead atoms. The Hall–Kier alpha value is -4.11. The highest BCUT2D eigenvalue weighted by atomic mass is 35.5. The normalized spacial score (nSPS) is 11.3. The Labute approximate surface area is 206 Å². The summed E-state index contributed by atoms with van der Waals surface area (Å²) in [5.74, 6) is 0.427. The Morgan fingerprint density at radius 3 is 2.40 bits per heavy atom. The van der Waals surface area contributed by atoms with E-state index in [1.54, 1.807) is 37.3 Å². The second-order valence-corrected chi connectivity index (χ2v) is 8.22. The van der Waals surface area contributed by atoms with E-state index in [1.807, 2.05) is 26.0 Å². The number of anilines is 1. The number of nitrogens with zero attached hydrogens (tertiary/aromatic N) is 6. The van der Waals surface area contributed by atoms with E-state index in [1.165, 1.54) is 22.8 Å². The van der Waals surface area contributed by atoms with Gasteiger partial charge in [-0.25, -0.2) is 4.98 Å². The molecule has 0 saturated heterocycles. The number of benzene rings is 3. The third-order valence-electron chi connectivity index (χ3n) is 5.66. The molecule has 0 aliphatic rings. The van der Waals surface area contributed by atoms with E-state index in [0.717, 1.165) is 18.8 Å². The molecule has 10 heteroatoms. The van der Waals surface area contributed by atoms with Crippen LogP contribution in [0.4, 0.5) is 22.7 Å². The van der Waals surface area contributed by atoms with Crippen molar-refractivity contribution in [2.75, 3.05) is 18.0 Å². The smallest absolute Gasteiger partial charge is 0.270 e. The van der Waals surface area contributed by atoms with Gasteiger partial charge < -0.3 is 4.90 Å². The van der Waals surface area contributed by atoms with Crippen molar-refractivity contribution in [2.24, 2.45) is 10.2 Å². The van der Waals surface area contributed by atoms with Crippen molar-refractivity contribution in [1.82, 2.24) is 9.55 Å². The molecular formula is C25H23ClN6O3. The minimum atomic E-state index is -0.532. The summed E-state index contributed by atoms with van der Waals surface area (Å²) in [4.78, 5) is 31.0. The molecule has 0 N–H and O–H groups in total. The molecule has 0 aliphatic carbocycles. The Morgan fingerprint density at radius 1 is 1.03 bits per heavy atom. The molecule has 0 atom stereocenters. The lowest BCUT2D eigenvalue weighted by Crippen LogP contribution is -2.24. The predicted octanol–water partition coefficient (Wildman–Crippen LogP) is 6.52. The summed E-state index contributed by atoms with van der Waals surface area (Å²) in [5, 5.41) is 20.8. The Balaban J connectivity index is 1.95. The number of nitro groups is 1. The molecule has 0 aliphatic heterocycles. The first-order valence-electron chi connectivity index (χ1n) is 11.1. The second kappa shape index (κ2) is 10.0. The monoisotopic (exact) mass is 490 g/mol. The first-order valence-corrected chi connectivity index (χ1v) is 11.4. The molecule has 4 rings (SSSR count). The van der Waals surface area contributed by atoms with Crippen molar-refractivity contribution in [3.63, 3.8) is 0 Å². The molecule has 3 aromatic carbocycles. The lowest BCUT2D eigenvalue weighted by atomic mass is 10.2. The van der Waals surface area contributed by atoms with Crippen LogP contribution in [0.3, 0.4) is 0 Å². The van der Waals surface area contributed by atoms with Crippen LogP contribution in [0.2, 0.25) is 5.02 Å². The van der Waals surface area contributed by atoms with Gasteiger partial charge in [-0.15, -0.1) is 5.11 Å². The maximum atomic E-state index is 13.6. The maximum absolute atomic E-state index is 13.6. The number of rotatable bonds is 7. The van der Waals surface area contributed by atoms with Gasteiger partial charge in [0.1, 0.15) is 11.5 Å². The molecule has 1 heterocycles. The molecule has 0 saturated carbocycles. The zero-order valence-electron chi connectivity index (χ0n) is 19.5. The van der Waals surface area contributed by atoms with Gasteiger partial charge in [-0.3, -0.25) is 19.5 Å². The molecule has 178 valence electrons. The fourth-order valence-electron chi connectivity index (χ4n) is 3.86. The van der Waals surface area contributed by atoms with E-state index >= 15 is 0 Å². The van der Waals surface area contributed by atoms with Crippen molar-refractivity contribution < 1.29 is 4.92 Å². The zero-order valence-corrected chi connectivity index (χ0v) is 20.2. The summed E-state index contributed by atoms with van der Waals surface area (Å²) in [6.45, 7) is 7.36. The summed E-state index contributed by atoms with van der Waals surface area (Å²) in [5.41, 5.74) is 2.23. The molecule has 0 amide bonds. The van der Waals surface area contributed by atoms with E-state index in [0.29, 0.717) is 33.4 Å². The summed E-state index contributed by atoms with van der Waals surface area (Å²) in [6.07, 6.45) is 0. The Bertz CT molecular complexity index is 1490. The Morgan fingerprint density at radius 2 is 1.74 bits per heavy atom. The van der Waals surface area contributed by atoms with E-state index in [-0.39, 0.29) is 11.1 Å². The van der Waals surface area contributed by atoms with Gasteiger partial charge in [0, 0.05) is 35.9 Å². The molecule has 0 fully saturated rings. The maximum Gasteiger partial charge on any atom is 0.270 e. The number of aryl methyl sites for hydroxylation is 1. The average molecular weight is 491 g/mol. The van der Waals surface area contributed by atoms with E-state index < -0.39 is 10.5 Å². The van der Waals surface area contributed by atoms with Crippen LogP contribution < -0.4 is 10.5 Å². The first kappa shape index (κ1) is 24.0. The first-order chi connectivity index (χ1) is 16.8. The van der Waals surface area contributed by atoms with Crippen molar-refractivity contribution in [1.29, 1.82) is 0 Å². The van der Waals surface area contributed by atoms with E-state index in [4.69, 9.17) is 11.6 Å². The minimum absolute atomic E-state index is 0.152. The summed E-state index contributed by atoms with van der Waals surface area (Å²) in [7, 11) is 0. The fourth-order valence-corrected chi connectivity index (χ4v) is 3.99. The van der Waals surface area contributed by atoms with Crippen molar-refractivity contribution in [3.05, 3.63) is 92.0 Å². The van der Waals surface area contributed by atoms with Crippen molar-refractivity contribution >= 4 is 45.3 Å². The van der Waals surface area contributed by atoms with Gasteiger partial charge in [-0.2, -0.15) is 5.11 Å². The van der Waals surface area contributed by atoms with E-state index in [9.17, 15) is 14.9 Å². The second-order valence-electron chi connectivity index (χ2n) is 7.78. The quantitative estimate of drug-likeness (QED) is 0.166. The number of hydrogen-bond acceptors (Lipinski definition) is 7. The minimum Gasteiger partial charge on any atom is -0.372 e. The SMILES string of the molecule is CCN(CC)c1ccc(N=Nc2ccc(Cl)cc2)c(-n2c(C)nc3ccc([N+](=O)[O-])cc3c2=O)c1. The molecular weight excluding hydrogens is 468 g/mol. The highest BCUT2D eigenvalue weighted by molar-refractivity contribution is 6.30. The molecule has 0 unspecified atom stereocenters. The van der Waals surface area contributed by atoms with Crippen LogP contribution in [0.5, 0.6) is 0 Å². The highest BCUT2D eigenvalue weighted by Crippen LogP contribution is 2.31. The van der Waals surface area contributed by atoms with E-state index in [2.05, 4.69) is 20.1 Å². The topological polar surface area (TPSA) is 106 Å². The van der Waals surface area contributed by atoms with Crippen LogP contribution in [0.1, 0.15) is 19.7 Å². The summed E-state index contributed by atoms with van der Waals surface area (Å²) < 4.78 is 1.43. The van der Waals surface area contributed by atoms with Gasteiger partial charge in [0.05, 0.1) is 27.2 Å². The number of nitro benzene ring substituents is 1. The molecule has 0 spiro atoms. The standard InChI is InChI=1S/C25H23ClN6O3/c1-4-30(5-2)19-10-13-23(29-28-18-8-6-17(26)7-9-18)24(15-19)31-16(3)27-22-12-11-20(32(34)35)14-21(22)25(31)33/h6-15H,4-5H2,1-3H3. The lowest BCUT2D eigenvalue weighted by molar-refractivity contribution is -0.384. The molecule has 4 aromatic rings. The number of non-ortho nitro benzene ring substituents is 1. The van der Waals surface area contributed by atoms with Crippen LogP contribution in [0.15, 0.2) is 75.7 Å².